The minimum absolute atomic E-state index is 0.0557. The van der Waals surface area contributed by atoms with E-state index >= 15 is 0 Å². The first-order chi connectivity index (χ1) is 12.6. The molecule has 1 heterocycles. The minimum atomic E-state index is -0.431. The van der Waals surface area contributed by atoms with Gasteiger partial charge in [0.1, 0.15) is 6.10 Å². The van der Waals surface area contributed by atoms with Crippen LogP contribution in [0.4, 0.5) is 0 Å². The maximum absolute atomic E-state index is 11.1. The van der Waals surface area contributed by atoms with Gasteiger partial charge in [-0.15, -0.1) is 5.92 Å². The van der Waals surface area contributed by atoms with Gasteiger partial charge in [0.05, 0.1) is 4.88 Å². The number of unbranched alkanes of at least 4 members (excludes halogenated alkanes) is 10. The Morgan fingerprint density at radius 1 is 1.00 bits per heavy atom. The molecule has 0 radical (unpaired) electrons. The van der Waals surface area contributed by atoms with Gasteiger partial charge >= 0.3 is 4.87 Å². The molecule has 1 aromatic rings. The van der Waals surface area contributed by atoms with E-state index in [-0.39, 0.29) is 10.8 Å². The van der Waals surface area contributed by atoms with Crippen molar-refractivity contribution >= 4 is 11.3 Å². The van der Waals surface area contributed by atoms with E-state index in [1.54, 1.807) is 0 Å². The third-order valence-electron chi connectivity index (χ3n) is 4.51. The number of aromatic hydroxyl groups is 1. The predicted octanol–water partition coefficient (Wildman–Crippen LogP) is 5.14. The third-order valence-corrected chi connectivity index (χ3v) is 5.44. The van der Waals surface area contributed by atoms with Gasteiger partial charge in [-0.3, -0.25) is 9.78 Å². The SMILES string of the molecule is CCCC[C@@H](O)C#CCCCCCCCCCCCc1sc(=O)[nH]c1O. The molecule has 4 nitrogen and oxygen atoms in total. The number of nitrogens with one attached hydrogen (secondary N) is 1. The predicted molar refractivity (Wildman–Crippen MR) is 110 cm³/mol. The van der Waals surface area contributed by atoms with Crippen LogP contribution in [-0.4, -0.2) is 21.3 Å². The highest BCUT2D eigenvalue weighted by molar-refractivity contribution is 7.09. The Morgan fingerprint density at radius 2 is 1.62 bits per heavy atom. The van der Waals surface area contributed by atoms with E-state index in [1.165, 1.54) is 38.5 Å². The fourth-order valence-electron chi connectivity index (χ4n) is 2.92. The van der Waals surface area contributed by atoms with Crippen LogP contribution >= 0.6 is 11.3 Å². The van der Waals surface area contributed by atoms with Gasteiger partial charge in [-0.2, -0.15) is 0 Å². The van der Waals surface area contributed by atoms with Gasteiger partial charge in [0.2, 0.25) is 5.88 Å². The van der Waals surface area contributed by atoms with E-state index in [1.807, 2.05) is 0 Å². The summed E-state index contributed by atoms with van der Waals surface area (Å²) in [5.74, 6) is 6.09. The molecule has 26 heavy (non-hydrogen) atoms. The fraction of sp³-hybridized carbons (Fsp3) is 0.762. The van der Waals surface area contributed by atoms with Gasteiger partial charge in [-0.1, -0.05) is 82.0 Å². The highest BCUT2D eigenvalue weighted by Crippen LogP contribution is 2.19. The quantitative estimate of drug-likeness (QED) is 0.308. The van der Waals surface area contributed by atoms with Crippen LogP contribution in [0.25, 0.3) is 0 Å². The number of hydrogen-bond acceptors (Lipinski definition) is 4. The fourth-order valence-corrected chi connectivity index (χ4v) is 3.68. The Balaban J connectivity index is 1.86. The van der Waals surface area contributed by atoms with Crippen LogP contribution in [0.3, 0.4) is 0 Å². The summed E-state index contributed by atoms with van der Waals surface area (Å²) >= 11 is 1.12. The number of aliphatic hydroxyl groups is 1. The lowest BCUT2D eigenvalue weighted by molar-refractivity contribution is 0.218. The molecule has 0 aliphatic heterocycles. The molecule has 0 saturated heterocycles. The second kappa shape index (κ2) is 14.9. The molecule has 0 unspecified atom stereocenters. The summed E-state index contributed by atoms with van der Waals surface area (Å²) in [6.07, 6.45) is 15.1. The number of rotatable bonds is 14. The van der Waals surface area contributed by atoms with Crippen LogP contribution < -0.4 is 4.87 Å². The number of hydrogen-bond donors (Lipinski definition) is 3. The topological polar surface area (TPSA) is 73.3 Å². The number of thiazole rings is 1. The lowest BCUT2D eigenvalue weighted by atomic mass is 10.1. The Hall–Kier alpha value is -1.25. The van der Waals surface area contributed by atoms with Gasteiger partial charge in [0.25, 0.3) is 0 Å². The Bertz CT molecular complexity index is 582. The van der Waals surface area contributed by atoms with Gasteiger partial charge < -0.3 is 10.2 Å². The first-order valence-electron chi connectivity index (χ1n) is 10.2. The van der Waals surface area contributed by atoms with Crippen LogP contribution in [0.15, 0.2) is 4.79 Å². The van der Waals surface area contributed by atoms with Crippen LogP contribution in [0.2, 0.25) is 0 Å². The van der Waals surface area contributed by atoms with Crippen LogP contribution in [0, 0.1) is 11.8 Å². The molecular weight excluding hydrogens is 346 g/mol. The third kappa shape index (κ3) is 11.4. The molecule has 0 aliphatic rings. The summed E-state index contributed by atoms with van der Waals surface area (Å²) in [6, 6.07) is 0. The van der Waals surface area contributed by atoms with E-state index in [9.17, 15) is 15.0 Å². The minimum Gasteiger partial charge on any atom is -0.494 e. The molecular formula is C21H35NO3S. The van der Waals surface area contributed by atoms with Crippen LogP contribution in [-0.2, 0) is 6.42 Å². The molecule has 0 aromatic carbocycles. The van der Waals surface area contributed by atoms with Crippen molar-refractivity contribution in [2.75, 3.05) is 0 Å². The number of aryl methyl sites for hydroxylation is 1. The van der Waals surface area contributed by atoms with E-state index < -0.39 is 6.10 Å². The molecule has 0 fully saturated rings. The molecule has 0 spiro atoms. The Morgan fingerprint density at radius 3 is 2.19 bits per heavy atom. The zero-order valence-electron chi connectivity index (χ0n) is 16.2. The van der Waals surface area contributed by atoms with Gasteiger partial charge in [0.15, 0.2) is 0 Å². The average Bonchev–Trinajstić information content (AvgIpc) is 2.94. The summed E-state index contributed by atoms with van der Waals surface area (Å²) in [5, 5.41) is 19.1. The standard InChI is InChI=1S/C21H35NO3S/c1-2-3-15-18(23)16-13-11-9-7-5-4-6-8-10-12-14-17-19-20(24)22-21(25)26-19/h18,23-24H,2-12,14-15,17H2,1H3,(H,22,25)/t18-/m1/s1. The number of aromatic nitrogens is 1. The van der Waals surface area contributed by atoms with Crippen molar-refractivity contribution in [1.82, 2.24) is 4.98 Å². The molecule has 0 amide bonds. The summed E-state index contributed by atoms with van der Waals surface area (Å²) in [6.45, 7) is 2.13. The molecule has 0 saturated carbocycles. The molecule has 1 rings (SSSR count). The zero-order valence-corrected chi connectivity index (χ0v) is 17.0. The van der Waals surface area contributed by atoms with E-state index in [2.05, 4.69) is 23.7 Å². The highest BCUT2D eigenvalue weighted by Gasteiger charge is 2.05. The zero-order chi connectivity index (χ0) is 19.0. The molecule has 0 aliphatic carbocycles. The second-order valence-electron chi connectivity index (χ2n) is 6.95. The molecule has 0 bridgehead atoms. The lowest BCUT2D eigenvalue weighted by Gasteiger charge is -2.02. The maximum Gasteiger partial charge on any atom is 0.307 e. The Labute approximate surface area is 162 Å². The number of H-pyrrole nitrogens is 1. The van der Waals surface area contributed by atoms with Crippen molar-refractivity contribution in [3.63, 3.8) is 0 Å². The van der Waals surface area contributed by atoms with Crippen molar-refractivity contribution in [2.45, 2.75) is 103 Å². The van der Waals surface area contributed by atoms with Gasteiger partial charge in [-0.05, 0) is 25.7 Å². The second-order valence-corrected chi connectivity index (χ2v) is 8.02. The van der Waals surface area contributed by atoms with Crippen molar-refractivity contribution in [3.8, 4) is 17.7 Å². The smallest absolute Gasteiger partial charge is 0.307 e. The van der Waals surface area contributed by atoms with Crippen molar-refractivity contribution in [3.05, 3.63) is 14.5 Å². The largest absolute Gasteiger partial charge is 0.494 e. The van der Waals surface area contributed by atoms with Crippen LogP contribution in [0.5, 0.6) is 5.88 Å². The normalized spacial score (nSPS) is 11.9. The summed E-state index contributed by atoms with van der Waals surface area (Å²) in [4.78, 5) is 14.1. The molecule has 1 atom stereocenters. The Kier molecular flexibility index (Phi) is 13.0. The van der Waals surface area contributed by atoms with Crippen molar-refractivity contribution < 1.29 is 10.2 Å². The van der Waals surface area contributed by atoms with Crippen molar-refractivity contribution in [1.29, 1.82) is 0 Å². The first-order valence-corrected chi connectivity index (χ1v) is 11.0. The first kappa shape index (κ1) is 22.8. The molecule has 3 N–H and O–H groups in total. The van der Waals surface area contributed by atoms with E-state index in [0.717, 1.165) is 67.6 Å². The summed E-state index contributed by atoms with van der Waals surface area (Å²) in [5.41, 5.74) is 0. The molecule has 5 heteroatoms. The molecule has 1 aromatic heterocycles. The number of aliphatic hydroxyl groups excluding tert-OH is 1. The molecule has 148 valence electrons. The van der Waals surface area contributed by atoms with Gasteiger partial charge in [-0.25, -0.2) is 0 Å². The van der Waals surface area contributed by atoms with Gasteiger partial charge in [0, 0.05) is 6.42 Å². The summed E-state index contributed by atoms with van der Waals surface area (Å²) < 4.78 is 0. The van der Waals surface area contributed by atoms with Crippen molar-refractivity contribution in [2.24, 2.45) is 0 Å². The highest BCUT2D eigenvalue weighted by atomic mass is 32.1. The maximum atomic E-state index is 11.1. The van der Waals surface area contributed by atoms with E-state index in [4.69, 9.17) is 0 Å². The van der Waals surface area contributed by atoms with E-state index in [0.29, 0.717) is 0 Å². The summed E-state index contributed by atoms with van der Waals surface area (Å²) in [7, 11) is 0. The number of aromatic amines is 1. The lowest BCUT2D eigenvalue weighted by Crippen LogP contribution is -2.01. The average molecular weight is 382 g/mol. The van der Waals surface area contributed by atoms with Crippen LogP contribution in [0.1, 0.15) is 95.3 Å². The monoisotopic (exact) mass is 381 g/mol.